The number of likely N-dealkylation sites (tertiary alicyclic amines) is 1. The minimum absolute atomic E-state index is 0.0222. The SMILES string of the molecule is Cc1cccc(C)c1N1CC=C[C@]23S[C@@]4(C)C=CCN(c5ccccc5)C(=O)[C@H]4[C@H]2C(=O)N(CCCCO)C3C1=O. The summed E-state index contributed by atoms with van der Waals surface area (Å²) in [6.07, 6.45) is 9.32. The van der Waals surface area contributed by atoms with E-state index in [4.69, 9.17) is 0 Å². The molecule has 0 saturated carbocycles. The number of hydrogen-bond donors (Lipinski definition) is 1. The Labute approximate surface area is 245 Å². The van der Waals surface area contributed by atoms with Gasteiger partial charge in [-0.2, -0.15) is 0 Å². The van der Waals surface area contributed by atoms with Crippen molar-refractivity contribution >= 4 is 40.9 Å². The zero-order valence-electron chi connectivity index (χ0n) is 23.8. The number of amides is 3. The average molecular weight is 572 g/mol. The van der Waals surface area contributed by atoms with Crippen LogP contribution in [0.1, 0.15) is 30.9 Å². The quantitative estimate of drug-likeness (QED) is 0.414. The molecule has 7 nitrogen and oxygen atoms in total. The molecule has 41 heavy (non-hydrogen) atoms. The van der Waals surface area contributed by atoms with Crippen LogP contribution in [-0.4, -0.2) is 69.5 Å². The van der Waals surface area contributed by atoms with Crippen molar-refractivity contribution < 1.29 is 19.5 Å². The fraction of sp³-hybridized carbons (Fsp3) is 0.424. The number of para-hydroxylation sites is 2. The number of thioether (sulfide) groups is 1. The molecular weight excluding hydrogens is 534 g/mol. The maximum Gasteiger partial charge on any atom is 0.251 e. The Morgan fingerprint density at radius 1 is 0.829 bits per heavy atom. The summed E-state index contributed by atoms with van der Waals surface area (Å²) < 4.78 is -1.55. The van der Waals surface area contributed by atoms with E-state index in [1.807, 2.05) is 86.4 Å². The number of aliphatic hydroxyl groups excluding tert-OH is 1. The highest BCUT2D eigenvalue weighted by Gasteiger charge is 2.74. The van der Waals surface area contributed by atoms with Gasteiger partial charge in [-0.1, -0.05) is 60.7 Å². The standard InChI is InChI=1S/C33H37N3O4S/c1-22-12-9-13-23(2)27(22)35-20-11-17-33-26(30(39)36(18-7-8-21-37)28(33)31(35)40)25-29(38)34(24-14-5-4-6-15-24)19-10-16-32(25,3)41-33/h4-6,9-17,25-26,28,37H,7-8,18-21H2,1-3H3/t25-,26+,28?,32+,33+/m1/s1. The predicted octanol–water partition coefficient (Wildman–Crippen LogP) is 4.27. The number of hydrogen-bond acceptors (Lipinski definition) is 5. The van der Waals surface area contributed by atoms with E-state index >= 15 is 0 Å². The van der Waals surface area contributed by atoms with Crippen molar-refractivity contribution in [1.82, 2.24) is 4.90 Å². The Hall–Kier alpha value is -3.36. The molecule has 4 aliphatic heterocycles. The predicted molar refractivity (Wildman–Crippen MR) is 163 cm³/mol. The summed E-state index contributed by atoms with van der Waals surface area (Å²) in [5.41, 5.74) is 3.68. The minimum atomic E-state index is -0.891. The van der Waals surface area contributed by atoms with Crippen molar-refractivity contribution in [3.8, 4) is 0 Å². The lowest BCUT2D eigenvalue weighted by atomic mass is 9.74. The lowest BCUT2D eigenvalue weighted by Gasteiger charge is -2.37. The maximum atomic E-state index is 14.7. The molecule has 2 aromatic carbocycles. The molecule has 6 rings (SSSR count). The number of anilines is 2. The van der Waals surface area contributed by atoms with Crippen LogP contribution in [0.2, 0.25) is 0 Å². The third-order valence-electron chi connectivity index (χ3n) is 9.14. The second-order valence-electron chi connectivity index (χ2n) is 11.7. The summed E-state index contributed by atoms with van der Waals surface area (Å²) >= 11 is 1.60. The Morgan fingerprint density at radius 2 is 1.51 bits per heavy atom. The maximum absolute atomic E-state index is 14.7. The van der Waals surface area contributed by atoms with Gasteiger partial charge in [-0.05, 0) is 56.9 Å². The van der Waals surface area contributed by atoms with E-state index in [1.165, 1.54) is 0 Å². The number of aryl methyl sites for hydroxylation is 2. The Morgan fingerprint density at radius 3 is 2.22 bits per heavy atom. The molecule has 1 spiro atoms. The van der Waals surface area contributed by atoms with Gasteiger partial charge in [-0.3, -0.25) is 14.4 Å². The van der Waals surface area contributed by atoms with E-state index in [2.05, 4.69) is 12.2 Å². The monoisotopic (exact) mass is 571 g/mol. The van der Waals surface area contributed by atoms with E-state index in [0.29, 0.717) is 32.5 Å². The molecule has 5 atom stereocenters. The smallest absolute Gasteiger partial charge is 0.251 e. The van der Waals surface area contributed by atoms with Crippen molar-refractivity contribution in [2.24, 2.45) is 11.8 Å². The molecule has 2 aromatic rings. The number of aliphatic hydroxyl groups is 1. The van der Waals surface area contributed by atoms with Crippen molar-refractivity contribution in [3.63, 3.8) is 0 Å². The number of carbonyl (C=O) groups is 3. The molecule has 1 N–H and O–H groups in total. The molecule has 0 aromatic heterocycles. The Bertz CT molecular complexity index is 1420. The number of fused-ring (bicyclic) bond motifs is 2. The van der Waals surface area contributed by atoms with Gasteiger partial charge in [0.2, 0.25) is 11.8 Å². The van der Waals surface area contributed by atoms with Crippen LogP contribution >= 0.6 is 11.8 Å². The van der Waals surface area contributed by atoms with Gasteiger partial charge in [0.15, 0.2) is 0 Å². The molecule has 3 amide bonds. The minimum Gasteiger partial charge on any atom is -0.396 e. The molecule has 0 aliphatic carbocycles. The summed E-state index contributed by atoms with van der Waals surface area (Å²) in [5.74, 6) is -1.66. The van der Waals surface area contributed by atoms with Crippen LogP contribution in [0.15, 0.2) is 72.8 Å². The van der Waals surface area contributed by atoms with Crippen LogP contribution in [0.5, 0.6) is 0 Å². The first-order chi connectivity index (χ1) is 19.7. The van der Waals surface area contributed by atoms with Crippen molar-refractivity contribution in [2.75, 3.05) is 36.0 Å². The van der Waals surface area contributed by atoms with Gasteiger partial charge in [0, 0.05) is 42.4 Å². The summed E-state index contributed by atoms with van der Waals surface area (Å²) in [4.78, 5) is 49.0. The summed E-state index contributed by atoms with van der Waals surface area (Å²) in [5, 5.41) is 9.49. The van der Waals surface area contributed by atoms with E-state index in [1.54, 1.807) is 21.6 Å². The van der Waals surface area contributed by atoms with Gasteiger partial charge in [-0.15, -0.1) is 11.8 Å². The molecule has 2 saturated heterocycles. The first-order valence-electron chi connectivity index (χ1n) is 14.4. The van der Waals surface area contributed by atoms with Crippen molar-refractivity contribution in [1.29, 1.82) is 0 Å². The molecule has 1 unspecified atom stereocenters. The zero-order chi connectivity index (χ0) is 28.9. The summed E-state index contributed by atoms with van der Waals surface area (Å²) in [7, 11) is 0. The van der Waals surface area contributed by atoms with Gasteiger partial charge >= 0.3 is 0 Å². The summed E-state index contributed by atoms with van der Waals surface area (Å²) in [6, 6.07) is 14.8. The molecule has 4 heterocycles. The third kappa shape index (κ3) is 4.26. The lowest BCUT2D eigenvalue weighted by Crippen LogP contribution is -2.53. The van der Waals surface area contributed by atoms with E-state index in [-0.39, 0.29) is 24.3 Å². The molecule has 214 valence electrons. The normalized spacial score (nSPS) is 30.8. The van der Waals surface area contributed by atoms with Crippen LogP contribution in [0.4, 0.5) is 11.4 Å². The molecule has 8 heteroatoms. The molecule has 0 radical (unpaired) electrons. The van der Waals surface area contributed by atoms with Crippen LogP contribution < -0.4 is 9.80 Å². The van der Waals surface area contributed by atoms with Crippen LogP contribution in [0, 0.1) is 25.7 Å². The fourth-order valence-electron chi connectivity index (χ4n) is 7.43. The largest absolute Gasteiger partial charge is 0.396 e. The Kier molecular flexibility index (Phi) is 7.10. The summed E-state index contributed by atoms with van der Waals surface area (Å²) in [6.45, 7) is 7.27. The van der Waals surface area contributed by atoms with Crippen molar-refractivity contribution in [3.05, 3.63) is 84.0 Å². The van der Waals surface area contributed by atoms with E-state index < -0.39 is 27.4 Å². The highest BCUT2D eigenvalue weighted by Crippen LogP contribution is 2.65. The molecule has 0 bridgehead atoms. The van der Waals surface area contributed by atoms with Crippen LogP contribution in [-0.2, 0) is 14.4 Å². The number of rotatable bonds is 6. The fourth-order valence-corrected chi connectivity index (χ4v) is 9.59. The highest BCUT2D eigenvalue weighted by molar-refractivity contribution is 8.02. The average Bonchev–Trinajstić information content (AvgIpc) is 3.21. The second kappa shape index (κ2) is 10.5. The van der Waals surface area contributed by atoms with Crippen molar-refractivity contribution in [2.45, 2.75) is 49.1 Å². The van der Waals surface area contributed by atoms with Gasteiger partial charge in [-0.25, -0.2) is 0 Å². The van der Waals surface area contributed by atoms with Gasteiger partial charge < -0.3 is 19.8 Å². The highest BCUT2D eigenvalue weighted by atomic mass is 32.2. The number of benzene rings is 2. The molecular formula is C33H37N3O4S. The molecule has 2 fully saturated rings. The number of carbonyl (C=O) groups excluding carboxylic acids is 3. The van der Waals surface area contributed by atoms with Gasteiger partial charge in [0.05, 0.1) is 16.6 Å². The second-order valence-corrected chi connectivity index (χ2v) is 13.5. The van der Waals surface area contributed by atoms with Gasteiger partial charge in [0.1, 0.15) is 6.04 Å². The number of unbranched alkanes of at least 4 members (excludes halogenated alkanes) is 1. The first-order valence-corrected chi connectivity index (χ1v) is 15.3. The van der Waals surface area contributed by atoms with Gasteiger partial charge in [0.25, 0.3) is 5.91 Å². The first kappa shape index (κ1) is 27.8. The lowest BCUT2D eigenvalue weighted by molar-refractivity contribution is -0.139. The van der Waals surface area contributed by atoms with Crippen LogP contribution in [0.25, 0.3) is 0 Å². The van der Waals surface area contributed by atoms with E-state index in [9.17, 15) is 19.5 Å². The topological polar surface area (TPSA) is 81.2 Å². The third-order valence-corrected chi connectivity index (χ3v) is 10.9. The molecule has 4 aliphatic rings. The Balaban J connectivity index is 1.47. The number of nitrogens with zero attached hydrogens (tertiary/aromatic N) is 3. The van der Waals surface area contributed by atoms with Crippen LogP contribution in [0.3, 0.4) is 0 Å². The zero-order valence-corrected chi connectivity index (χ0v) is 24.6. The van der Waals surface area contributed by atoms with E-state index in [0.717, 1.165) is 22.5 Å².